The van der Waals surface area contributed by atoms with Gasteiger partial charge in [-0.25, -0.2) is 9.97 Å². The first kappa shape index (κ1) is 12.9. The summed E-state index contributed by atoms with van der Waals surface area (Å²) in [5.74, 6) is 2.72. The molecule has 0 saturated carbocycles. The molecule has 0 aliphatic heterocycles. The molecule has 19 heavy (non-hydrogen) atoms. The van der Waals surface area contributed by atoms with Crippen LogP contribution in [0, 0.1) is 5.92 Å². The molecule has 3 nitrogen and oxygen atoms in total. The highest BCUT2D eigenvalue weighted by Gasteiger charge is 2.21. The molecule has 4 heteroatoms. The SMILES string of the molecule is CNc1nc(CCC(C)C)nc2sc3c(c12)CCC3. The molecule has 0 atom stereocenters. The van der Waals surface area contributed by atoms with Crippen molar-refractivity contribution in [1.82, 2.24) is 9.97 Å². The first-order valence-corrected chi connectivity index (χ1v) is 7.99. The van der Waals surface area contributed by atoms with E-state index in [1.165, 1.54) is 39.9 Å². The lowest BCUT2D eigenvalue weighted by atomic mass is 10.1. The van der Waals surface area contributed by atoms with Crippen LogP contribution in [0.1, 0.15) is 43.0 Å². The van der Waals surface area contributed by atoms with Gasteiger partial charge in [0.1, 0.15) is 16.5 Å². The van der Waals surface area contributed by atoms with E-state index in [2.05, 4.69) is 19.2 Å². The Bertz CT molecular complexity index is 601. The van der Waals surface area contributed by atoms with E-state index in [9.17, 15) is 0 Å². The average Bonchev–Trinajstić information content (AvgIpc) is 2.95. The molecule has 1 aliphatic rings. The Morgan fingerprint density at radius 2 is 2.11 bits per heavy atom. The molecule has 0 saturated heterocycles. The van der Waals surface area contributed by atoms with E-state index < -0.39 is 0 Å². The summed E-state index contributed by atoms with van der Waals surface area (Å²) >= 11 is 1.87. The van der Waals surface area contributed by atoms with Gasteiger partial charge < -0.3 is 5.32 Å². The summed E-state index contributed by atoms with van der Waals surface area (Å²) in [5.41, 5.74) is 1.50. The van der Waals surface area contributed by atoms with E-state index in [-0.39, 0.29) is 0 Å². The van der Waals surface area contributed by atoms with Crippen LogP contribution in [-0.4, -0.2) is 17.0 Å². The van der Waals surface area contributed by atoms with E-state index in [1.54, 1.807) is 0 Å². The Morgan fingerprint density at radius 3 is 2.84 bits per heavy atom. The summed E-state index contributed by atoms with van der Waals surface area (Å²) in [5, 5.41) is 4.55. The van der Waals surface area contributed by atoms with Crippen molar-refractivity contribution in [2.45, 2.75) is 46.0 Å². The van der Waals surface area contributed by atoms with Gasteiger partial charge in [0.15, 0.2) is 0 Å². The van der Waals surface area contributed by atoms with E-state index >= 15 is 0 Å². The first-order valence-electron chi connectivity index (χ1n) is 7.18. The predicted molar refractivity (Wildman–Crippen MR) is 82.1 cm³/mol. The lowest BCUT2D eigenvalue weighted by Gasteiger charge is -2.08. The lowest BCUT2D eigenvalue weighted by Crippen LogP contribution is -2.03. The molecule has 0 bridgehead atoms. The number of nitrogens with one attached hydrogen (secondary N) is 1. The number of rotatable bonds is 4. The molecule has 0 amide bonds. The van der Waals surface area contributed by atoms with Gasteiger partial charge in [0, 0.05) is 18.3 Å². The second-order valence-electron chi connectivity index (χ2n) is 5.71. The maximum atomic E-state index is 4.79. The molecule has 2 heterocycles. The monoisotopic (exact) mass is 275 g/mol. The third kappa shape index (κ3) is 2.34. The highest BCUT2D eigenvalue weighted by molar-refractivity contribution is 7.19. The Kier molecular flexibility index (Phi) is 3.44. The van der Waals surface area contributed by atoms with Gasteiger partial charge in [-0.2, -0.15) is 0 Å². The van der Waals surface area contributed by atoms with Crippen molar-refractivity contribution in [1.29, 1.82) is 0 Å². The van der Waals surface area contributed by atoms with Crippen molar-refractivity contribution in [2.24, 2.45) is 5.92 Å². The molecular formula is C15H21N3S. The van der Waals surface area contributed by atoms with Gasteiger partial charge >= 0.3 is 0 Å². The number of aromatic nitrogens is 2. The van der Waals surface area contributed by atoms with Crippen LogP contribution in [0.5, 0.6) is 0 Å². The normalized spacial score (nSPS) is 14.3. The highest BCUT2D eigenvalue weighted by Crippen LogP contribution is 2.39. The van der Waals surface area contributed by atoms with Crippen LogP contribution in [0.3, 0.4) is 0 Å². The zero-order chi connectivity index (χ0) is 13.4. The standard InChI is InChI=1S/C15H21N3S/c1-9(2)7-8-12-17-14(16-3)13-10-5-4-6-11(10)19-15(13)18-12/h9H,4-8H2,1-3H3,(H,16,17,18). The topological polar surface area (TPSA) is 37.8 Å². The Morgan fingerprint density at radius 1 is 1.26 bits per heavy atom. The zero-order valence-electron chi connectivity index (χ0n) is 11.9. The molecule has 2 aromatic heterocycles. The fourth-order valence-electron chi connectivity index (χ4n) is 2.75. The third-order valence-electron chi connectivity index (χ3n) is 3.79. The summed E-state index contributed by atoms with van der Waals surface area (Å²) in [6, 6.07) is 0. The van der Waals surface area contributed by atoms with Gasteiger partial charge in [-0.3, -0.25) is 0 Å². The molecule has 0 radical (unpaired) electrons. The van der Waals surface area contributed by atoms with Gasteiger partial charge in [0.2, 0.25) is 0 Å². The maximum absolute atomic E-state index is 4.79. The number of thiophene rings is 1. The number of hydrogen-bond acceptors (Lipinski definition) is 4. The molecule has 0 spiro atoms. The number of nitrogens with zero attached hydrogens (tertiary/aromatic N) is 2. The largest absolute Gasteiger partial charge is 0.372 e. The molecule has 102 valence electrons. The van der Waals surface area contributed by atoms with Crippen LogP contribution in [0.4, 0.5) is 5.82 Å². The summed E-state index contributed by atoms with van der Waals surface area (Å²) in [7, 11) is 1.97. The van der Waals surface area contributed by atoms with E-state index in [4.69, 9.17) is 9.97 Å². The molecule has 0 unspecified atom stereocenters. The second-order valence-corrected chi connectivity index (χ2v) is 6.79. The minimum absolute atomic E-state index is 0.700. The van der Waals surface area contributed by atoms with Gasteiger partial charge in [0.25, 0.3) is 0 Å². The number of fused-ring (bicyclic) bond motifs is 3. The minimum atomic E-state index is 0.700. The Balaban J connectivity index is 2.04. The summed E-state index contributed by atoms with van der Waals surface area (Å²) < 4.78 is 0. The molecular weight excluding hydrogens is 254 g/mol. The van der Waals surface area contributed by atoms with Crippen LogP contribution >= 0.6 is 11.3 Å². The summed E-state index contributed by atoms with van der Waals surface area (Å²) in [4.78, 5) is 12.2. The third-order valence-corrected chi connectivity index (χ3v) is 4.98. The van der Waals surface area contributed by atoms with Crippen molar-refractivity contribution in [3.63, 3.8) is 0 Å². The Labute approximate surface area is 118 Å². The van der Waals surface area contributed by atoms with E-state index in [0.717, 1.165) is 24.5 Å². The second kappa shape index (κ2) is 5.08. The van der Waals surface area contributed by atoms with Gasteiger partial charge in [-0.1, -0.05) is 13.8 Å². The van der Waals surface area contributed by atoms with Crippen LogP contribution in [0.15, 0.2) is 0 Å². The fraction of sp³-hybridized carbons (Fsp3) is 0.600. The lowest BCUT2D eigenvalue weighted by molar-refractivity contribution is 0.576. The van der Waals surface area contributed by atoms with Gasteiger partial charge in [-0.15, -0.1) is 11.3 Å². The summed E-state index contributed by atoms with van der Waals surface area (Å²) in [6.45, 7) is 4.49. The molecule has 1 N–H and O–H groups in total. The van der Waals surface area contributed by atoms with E-state index in [1.807, 2.05) is 18.4 Å². The molecule has 2 aromatic rings. The van der Waals surface area contributed by atoms with Crippen LogP contribution < -0.4 is 5.32 Å². The first-order chi connectivity index (χ1) is 9.19. The van der Waals surface area contributed by atoms with Crippen LogP contribution in [0.25, 0.3) is 10.2 Å². The average molecular weight is 275 g/mol. The number of hydrogen-bond donors (Lipinski definition) is 1. The van der Waals surface area contributed by atoms with Crippen molar-refractivity contribution in [2.75, 3.05) is 12.4 Å². The van der Waals surface area contributed by atoms with Gasteiger partial charge in [-0.05, 0) is 37.2 Å². The van der Waals surface area contributed by atoms with Crippen LogP contribution in [-0.2, 0) is 19.3 Å². The molecule has 1 aliphatic carbocycles. The molecule has 0 aromatic carbocycles. The predicted octanol–water partition coefficient (Wildman–Crippen LogP) is 3.81. The van der Waals surface area contributed by atoms with Crippen molar-refractivity contribution < 1.29 is 0 Å². The number of anilines is 1. The zero-order valence-corrected chi connectivity index (χ0v) is 12.7. The molecule has 3 rings (SSSR count). The fourth-order valence-corrected chi connectivity index (χ4v) is 4.03. The van der Waals surface area contributed by atoms with Crippen molar-refractivity contribution in [3.8, 4) is 0 Å². The van der Waals surface area contributed by atoms with Crippen LogP contribution in [0.2, 0.25) is 0 Å². The summed E-state index contributed by atoms with van der Waals surface area (Å²) in [6.07, 6.45) is 5.83. The van der Waals surface area contributed by atoms with E-state index in [0.29, 0.717) is 5.92 Å². The Hall–Kier alpha value is -1.16. The smallest absolute Gasteiger partial charge is 0.138 e. The van der Waals surface area contributed by atoms with Crippen molar-refractivity contribution >= 4 is 27.4 Å². The van der Waals surface area contributed by atoms with Gasteiger partial charge in [0.05, 0.1) is 5.39 Å². The molecule has 0 fully saturated rings. The maximum Gasteiger partial charge on any atom is 0.138 e. The quantitative estimate of drug-likeness (QED) is 0.922. The highest BCUT2D eigenvalue weighted by atomic mass is 32.1. The number of aryl methyl sites for hydroxylation is 3. The van der Waals surface area contributed by atoms with Crippen molar-refractivity contribution in [3.05, 3.63) is 16.3 Å². The minimum Gasteiger partial charge on any atom is -0.372 e.